The van der Waals surface area contributed by atoms with E-state index in [9.17, 15) is 4.79 Å². The summed E-state index contributed by atoms with van der Waals surface area (Å²) in [5.41, 5.74) is 6.66. The summed E-state index contributed by atoms with van der Waals surface area (Å²) in [5, 5.41) is 10.4. The third kappa shape index (κ3) is 3.80. The van der Waals surface area contributed by atoms with Crippen molar-refractivity contribution in [2.75, 3.05) is 18.2 Å². The maximum atomic E-state index is 12.3. The number of hydrogen-bond acceptors (Lipinski definition) is 5. The summed E-state index contributed by atoms with van der Waals surface area (Å²) < 4.78 is 6.34. The van der Waals surface area contributed by atoms with Crippen LogP contribution in [0.5, 0.6) is 5.75 Å². The van der Waals surface area contributed by atoms with Gasteiger partial charge in [-0.25, -0.2) is 0 Å². The summed E-state index contributed by atoms with van der Waals surface area (Å²) in [4.78, 5) is 12.9. The van der Waals surface area contributed by atoms with Crippen LogP contribution < -0.4 is 15.8 Å². The first-order valence-electron chi connectivity index (χ1n) is 6.61. The Hall–Kier alpha value is -1.99. The molecule has 0 aliphatic rings. The average molecular weight is 335 g/mol. The van der Waals surface area contributed by atoms with Gasteiger partial charge in [-0.2, -0.15) is 0 Å². The van der Waals surface area contributed by atoms with Crippen LogP contribution in [0.1, 0.15) is 22.2 Å². The fourth-order valence-electron chi connectivity index (χ4n) is 1.83. The molecule has 2 aromatic rings. The Labute approximate surface area is 137 Å². The summed E-state index contributed by atoms with van der Waals surface area (Å²) >= 11 is 2.94. The molecule has 0 spiro atoms. The number of nitrogens with two attached hydrogens (primary N) is 1. The quantitative estimate of drug-likeness (QED) is 0.429. The van der Waals surface area contributed by atoms with Gasteiger partial charge in [-0.1, -0.05) is 0 Å². The number of nitrogen functional groups attached to an aromatic ring is 1. The lowest BCUT2D eigenvalue weighted by atomic mass is 10.2. The number of carbonyl (C=O) groups excluding carboxylic acids is 1. The van der Waals surface area contributed by atoms with Gasteiger partial charge in [0.1, 0.15) is 11.6 Å². The second kappa shape index (κ2) is 7.33. The highest BCUT2D eigenvalue weighted by atomic mass is 32.2. The second-order valence-electron chi connectivity index (χ2n) is 4.34. The zero-order valence-electron chi connectivity index (χ0n) is 12.3. The Morgan fingerprint density at radius 3 is 2.64 bits per heavy atom. The Kier molecular flexibility index (Phi) is 5.46. The van der Waals surface area contributed by atoms with Crippen molar-refractivity contribution in [2.45, 2.75) is 11.1 Å². The molecule has 0 saturated carbocycles. The van der Waals surface area contributed by atoms with Crippen LogP contribution in [0.2, 0.25) is 0 Å². The van der Waals surface area contributed by atoms with E-state index in [1.807, 2.05) is 19.2 Å². The minimum absolute atomic E-state index is 0.0488. The van der Waals surface area contributed by atoms with E-state index in [0.29, 0.717) is 22.7 Å². The summed E-state index contributed by atoms with van der Waals surface area (Å²) in [6.45, 7) is 2.49. The molecule has 22 heavy (non-hydrogen) atoms. The number of amides is 1. The van der Waals surface area contributed by atoms with Crippen LogP contribution in [-0.4, -0.2) is 24.6 Å². The van der Waals surface area contributed by atoms with Gasteiger partial charge in [-0.15, -0.1) is 23.1 Å². The number of thiophene rings is 1. The Balaban J connectivity index is 2.17. The molecule has 1 aromatic carbocycles. The lowest BCUT2D eigenvalue weighted by molar-refractivity contribution is 0.102. The third-order valence-electron chi connectivity index (χ3n) is 2.83. The fraction of sp³-hybridized carbons (Fsp3) is 0.200. The maximum absolute atomic E-state index is 12.3. The van der Waals surface area contributed by atoms with Crippen LogP contribution in [0.25, 0.3) is 0 Å². The molecule has 0 radical (unpaired) electrons. The second-order valence-corrected chi connectivity index (χ2v) is 6.50. The van der Waals surface area contributed by atoms with E-state index in [0.717, 1.165) is 9.96 Å². The molecule has 0 aliphatic heterocycles. The molecule has 0 aliphatic carbocycles. The van der Waals surface area contributed by atoms with Gasteiger partial charge in [0.2, 0.25) is 0 Å². The van der Waals surface area contributed by atoms with Crippen LogP contribution in [0, 0.1) is 5.41 Å². The fourth-order valence-corrected chi connectivity index (χ4v) is 3.35. The number of thioether (sulfide) groups is 1. The van der Waals surface area contributed by atoms with Crippen LogP contribution >= 0.6 is 23.1 Å². The molecule has 4 N–H and O–H groups in total. The molecule has 0 saturated heterocycles. The highest BCUT2D eigenvalue weighted by Crippen LogP contribution is 2.33. The first-order valence-corrected chi connectivity index (χ1v) is 8.65. The molecule has 116 valence electrons. The Morgan fingerprint density at radius 2 is 2.09 bits per heavy atom. The zero-order valence-corrected chi connectivity index (χ0v) is 13.9. The molecule has 2 rings (SSSR count). The largest absolute Gasteiger partial charge is 0.494 e. The first-order chi connectivity index (χ1) is 10.5. The van der Waals surface area contributed by atoms with Gasteiger partial charge < -0.3 is 15.8 Å². The predicted octanol–water partition coefficient (Wildman–Crippen LogP) is 3.41. The summed E-state index contributed by atoms with van der Waals surface area (Å²) in [6.07, 6.45) is 1.94. The van der Waals surface area contributed by atoms with Gasteiger partial charge in [-0.3, -0.25) is 10.2 Å². The van der Waals surface area contributed by atoms with Crippen LogP contribution in [0.4, 0.5) is 5.69 Å². The van der Waals surface area contributed by atoms with Gasteiger partial charge in [0.05, 0.1) is 21.4 Å². The van der Waals surface area contributed by atoms with Crippen LogP contribution in [0.15, 0.2) is 34.5 Å². The van der Waals surface area contributed by atoms with E-state index in [1.54, 1.807) is 36.0 Å². The number of benzene rings is 1. The van der Waals surface area contributed by atoms with Crippen molar-refractivity contribution in [3.8, 4) is 5.75 Å². The Morgan fingerprint density at radius 1 is 1.41 bits per heavy atom. The zero-order chi connectivity index (χ0) is 16.1. The van der Waals surface area contributed by atoms with E-state index >= 15 is 0 Å². The monoisotopic (exact) mass is 335 g/mol. The highest BCUT2D eigenvalue weighted by Gasteiger charge is 2.15. The molecule has 7 heteroatoms. The van der Waals surface area contributed by atoms with Crippen molar-refractivity contribution in [1.29, 1.82) is 5.41 Å². The maximum Gasteiger partial charge on any atom is 0.255 e. The average Bonchev–Trinajstić information content (AvgIpc) is 2.91. The van der Waals surface area contributed by atoms with Crippen molar-refractivity contribution >= 4 is 40.5 Å². The molecule has 1 heterocycles. The van der Waals surface area contributed by atoms with E-state index in [1.165, 1.54) is 11.3 Å². The molecule has 0 fully saturated rings. The van der Waals surface area contributed by atoms with Gasteiger partial charge in [0, 0.05) is 5.56 Å². The summed E-state index contributed by atoms with van der Waals surface area (Å²) in [6, 6.07) is 8.75. The molecule has 0 atom stereocenters. The number of nitrogens with one attached hydrogen (secondary N) is 2. The Bertz CT molecular complexity index is 681. The number of anilines is 1. The van der Waals surface area contributed by atoms with E-state index in [-0.39, 0.29) is 11.7 Å². The van der Waals surface area contributed by atoms with Gasteiger partial charge in [-0.05, 0) is 43.5 Å². The SMILES string of the molecule is CCOc1ccc(C(=O)Nc2cc(SC)sc2C(=N)N)cc1. The number of hydrogen-bond donors (Lipinski definition) is 3. The normalized spacial score (nSPS) is 10.3. The van der Waals surface area contributed by atoms with Gasteiger partial charge in [0.25, 0.3) is 5.91 Å². The van der Waals surface area contributed by atoms with E-state index in [4.69, 9.17) is 15.9 Å². The molecule has 1 amide bonds. The summed E-state index contributed by atoms with van der Waals surface area (Å²) in [7, 11) is 0. The van der Waals surface area contributed by atoms with Crippen molar-refractivity contribution in [3.63, 3.8) is 0 Å². The minimum Gasteiger partial charge on any atom is -0.494 e. The lowest BCUT2D eigenvalue weighted by Crippen LogP contribution is -2.16. The first kappa shape index (κ1) is 16.4. The summed E-state index contributed by atoms with van der Waals surface area (Å²) in [5.74, 6) is 0.437. The smallest absolute Gasteiger partial charge is 0.255 e. The van der Waals surface area contributed by atoms with Crippen molar-refractivity contribution in [2.24, 2.45) is 5.73 Å². The highest BCUT2D eigenvalue weighted by molar-refractivity contribution is 8.00. The molecular formula is C15H17N3O2S2. The van der Waals surface area contributed by atoms with Crippen LogP contribution in [0.3, 0.4) is 0 Å². The minimum atomic E-state index is -0.240. The molecule has 0 bridgehead atoms. The number of carbonyl (C=O) groups is 1. The van der Waals surface area contributed by atoms with Crippen LogP contribution in [-0.2, 0) is 0 Å². The standard InChI is InChI=1S/C15H17N3O2S2/c1-3-20-10-6-4-9(5-7-10)15(19)18-11-8-12(21-2)22-13(11)14(16)17/h4-8H,3H2,1-2H3,(H3,16,17)(H,18,19). The van der Waals surface area contributed by atoms with Crippen molar-refractivity contribution < 1.29 is 9.53 Å². The number of rotatable bonds is 6. The molecule has 1 aromatic heterocycles. The van der Waals surface area contributed by atoms with E-state index < -0.39 is 0 Å². The van der Waals surface area contributed by atoms with Crippen molar-refractivity contribution in [3.05, 3.63) is 40.8 Å². The number of amidine groups is 1. The van der Waals surface area contributed by atoms with Gasteiger partial charge >= 0.3 is 0 Å². The number of ether oxygens (including phenoxy) is 1. The molecule has 5 nitrogen and oxygen atoms in total. The molecule has 0 unspecified atom stereocenters. The predicted molar refractivity (Wildman–Crippen MR) is 92.7 cm³/mol. The van der Waals surface area contributed by atoms with Gasteiger partial charge in [0.15, 0.2) is 0 Å². The molecular weight excluding hydrogens is 318 g/mol. The third-order valence-corrected chi connectivity index (χ3v) is 5.06. The lowest BCUT2D eigenvalue weighted by Gasteiger charge is -2.07. The topological polar surface area (TPSA) is 88.2 Å². The van der Waals surface area contributed by atoms with E-state index in [2.05, 4.69) is 5.32 Å². The van der Waals surface area contributed by atoms with Crippen molar-refractivity contribution in [1.82, 2.24) is 0 Å².